The van der Waals surface area contributed by atoms with E-state index in [1.165, 1.54) is 27.5 Å². The number of hydrogen-bond donors (Lipinski definition) is 2. The van der Waals surface area contributed by atoms with Gasteiger partial charge in [-0.1, -0.05) is 178 Å². The zero-order chi connectivity index (χ0) is 34.7. The van der Waals surface area contributed by atoms with Crippen LogP contribution in [0.25, 0.3) is 22.9 Å². The maximum Gasteiger partial charge on any atom is 0.0446 e. The summed E-state index contributed by atoms with van der Waals surface area (Å²) in [7, 11) is 0. The first-order chi connectivity index (χ1) is 23.9. The Balaban J connectivity index is 0.000000271. The van der Waals surface area contributed by atoms with Crippen molar-refractivity contribution in [3.63, 3.8) is 0 Å². The van der Waals surface area contributed by atoms with Crippen molar-refractivity contribution >= 4 is 22.9 Å². The van der Waals surface area contributed by atoms with Crippen molar-refractivity contribution in [1.82, 2.24) is 10.6 Å². The molecule has 2 aliphatic rings. The van der Waals surface area contributed by atoms with Gasteiger partial charge in [-0.2, -0.15) is 0 Å². The molecule has 254 valence electrons. The van der Waals surface area contributed by atoms with Crippen molar-refractivity contribution in [2.75, 3.05) is 6.54 Å². The molecule has 6 rings (SSSR count). The second-order valence-corrected chi connectivity index (χ2v) is 13.5. The highest BCUT2D eigenvalue weighted by molar-refractivity contribution is 5.82. The van der Waals surface area contributed by atoms with E-state index in [2.05, 4.69) is 166 Å². The van der Waals surface area contributed by atoms with E-state index in [4.69, 9.17) is 0 Å². The van der Waals surface area contributed by atoms with Crippen LogP contribution in [-0.4, -0.2) is 18.6 Å². The summed E-state index contributed by atoms with van der Waals surface area (Å²) in [6.07, 6.45) is 23.7. The van der Waals surface area contributed by atoms with Crippen LogP contribution in [0.5, 0.6) is 0 Å². The zero-order valence-corrected chi connectivity index (χ0v) is 30.0. The van der Waals surface area contributed by atoms with Gasteiger partial charge in [0.1, 0.15) is 0 Å². The molecule has 2 nitrogen and oxygen atoms in total. The van der Waals surface area contributed by atoms with Gasteiger partial charge < -0.3 is 10.6 Å². The quantitative estimate of drug-likeness (QED) is 0.167. The number of hydrogen-bond acceptors (Lipinski definition) is 2. The minimum absolute atomic E-state index is 0.402. The molecular weight excluding hydrogens is 593 g/mol. The lowest BCUT2D eigenvalue weighted by Crippen LogP contribution is -2.48. The summed E-state index contributed by atoms with van der Waals surface area (Å²) in [6, 6.07) is 37.9. The van der Waals surface area contributed by atoms with Crippen LogP contribution in [0.3, 0.4) is 0 Å². The highest BCUT2D eigenvalue weighted by Crippen LogP contribution is 2.29. The second-order valence-electron chi connectivity index (χ2n) is 13.5. The van der Waals surface area contributed by atoms with Gasteiger partial charge in [0.05, 0.1) is 0 Å². The van der Waals surface area contributed by atoms with E-state index in [0.29, 0.717) is 29.8 Å². The van der Waals surface area contributed by atoms with E-state index in [0.717, 1.165) is 31.4 Å². The maximum atomic E-state index is 3.92. The Morgan fingerprint density at radius 2 is 1.27 bits per heavy atom. The van der Waals surface area contributed by atoms with E-state index in [-0.39, 0.29) is 0 Å². The van der Waals surface area contributed by atoms with Crippen molar-refractivity contribution < 1.29 is 0 Å². The van der Waals surface area contributed by atoms with Crippen LogP contribution in [0.2, 0.25) is 0 Å². The first-order valence-electron chi connectivity index (χ1n) is 17.9. The van der Waals surface area contributed by atoms with Crippen molar-refractivity contribution in [3.8, 4) is 0 Å². The third kappa shape index (κ3) is 12.7. The fraction of sp³-hybridized carbons (Fsp3) is 0.277. The lowest BCUT2D eigenvalue weighted by molar-refractivity contribution is 0.370. The summed E-state index contributed by atoms with van der Waals surface area (Å²) in [4.78, 5) is 0. The van der Waals surface area contributed by atoms with Crippen LogP contribution >= 0.6 is 0 Å². The minimum atomic E-state index is 0.402. The Morgan fingerprint density at radius 3 is 1.82 bits per heavy atom. The van der Waals surface area contributed by atoms with Crippen LogP contribution < -0.4 is 10.6 Å². The van der Waals surface area contributed by atoms with Gasteiger partial charge in [0.15, 0.2) is 0 Å². The number of rotatable bonds is 10. The lowest BCUT2D eigenvalue weighted by Gasteiger charge is -2.31. The van der Waals surface area contributed by atoms with Gasteiger partial charge in [-0.3, -0.25) is 0 Å². The number of nitrogens with one attached hydrogen (secondary N) is 2. The molecule has 4 aromatic rings. The van der Waals surface area contributed by atoms with Gasteiger partial charge in [0, 0.05) is 24.5 Å². The molecule has 4 atom stereocenters. The normalized spacial score (nSPS) is 18.8. The van der Waals surface area contributed by atoms with Gasteiger partial charge >= 0.3 is 0 Å². The molecule has 0 aliphatic heterocycles. The first-order valence-corrected chi connectivity index (χ1v) is 17.9. The highest BCUT2D eigenvalue weighted by Gasteiger charge is 2.23. The molecule has 49 heavy (non-hydrogen) atoms. The molecule has 4 unspecified atom stereocenters. The van der Waals surface area contributed by atoms with Gasteiger partial charge in [-0.05, 0) is 84.7 Å². The Hall–Kier alpha value is -4.66. The predicted octanol–water partition coefficient (Wildman–Crippen LogP) is 11.8. The monoisotopic (exact) mass is 648 g/mol. The highest BCUT2D eigenvalue weighted by atomic mass is 15.0. The molecule has 0 bridgehead atoms. The van der Waals surface area contributed by atoms with Crippen molar-refractivity contribution in [2.24, 2.45) is 17.8 Å². The fourth-order valence-electron chi connectivity index (χ4n) is 6.33. The van der Waals surface area contributed by atoms with Crippen molar-refractivity contribution in [1.29, 1.82) is 0 Å². The third-order valence-corrected chi connectivity index (χ3v) is 8.98. The minimum Gasteiger partial charge on any atom is -0.386 e. The number of fused-ring (bicyclic) bond motifs is 1. The van der Waals surface area contributed by atoms with Crippen molar-refractivity contribution in [3.05, 3.63) is 181 Å². The topological polar surface area (TPSA) is 24.1 Å². The molecule has 2 aliphatic carbocycles. The second kappa shape index (κ2) is 20.6. The Morgan fingerprint density at radius 1 is 0.714 bits per heavy atom. The Bertz CT molecular complexity index is 1610. The predicted molar refractivity (Wildman–Crippen MR) is 216 cm³/mol. The van der Waals surface area contributed by atoms with E-state index < -0.39 is 0 Å². The van der Waals surface area contributed by atoms with Gasteiger partial charge in [-0.15, -0.1) is 0 Å². The zero-order valence-electron chi connectivity index (χ0n) is 30.0. The molecule has 0 radical (unpaired) electrons. The SMILES string of the molecule is C=Cc1ccccc1/C=C\NC1CC=CCC1NCC1C=C(C(C=C(C)C)C(C)C)C=CC1.c1ccc2ccccc2c1.c1ccccc1. The summed E-state index contributed by atoms with van der Waals surface area (Å²) in [6.45, 7) is 14.0. The van der Waals surface area contributed by atoms with Crippen LogP contribution in [-0.2, 0) is 0 Å². The molecule has 0 saturated carbocycles. The van der Waals surface area contributed by atoms with Crippen LogP contribution in [0, 0.1) is 17.8 Å². The third-order valence-electron chi connectivity index (χ3n) is 8.98. The van der Waals surface area contributed by atoms with Crippen LogP contribution in [0.4, 0.5) is 0 Å². The van der Waals surface area contributed by atoms with E-state index in [1.54, 1.807) is 0 Å². The Labute approximate surface area is 296 Å². The molecule has 2 N–H and O–H groups in total. The summed E-state index contributed by atoms with van der Waals surface area (Å²) < 4.78 is 0. The van der Waals surface area contributed by atoms with Crippen LogP contribution in [0.1, 0.15) is 58.1 Å². The molecule has 0 fully saturated rings. The largest absolute Gasteiger partial charge is 0.386 e. The van der Waals surface area contributed by atoms with Gasteiger partial charge in [-0.25, -0.2) is 0 Å². The Kier molecular flexibility index (Phi) is 15.7. The molecule has 4 aromatic carbocycles. The summed E-state index contributed by atoms with van der Waals surface area (Å²) in [5.41, 5.74) is 5.23. The maximum absolute atomic E-state index is 3.92. The molecule has 2 heteroatoms. The molecule has 0 amide bonds. The average Bonchev–Trinajstić information content (AvgIpc) is 3.15. The van der Waals surface area contributed by atoms with E-state index in [1.807, 2.05) is 42.5 Å². The van der Waals surface area contributed by atoms with Gasteiger partial charge in [0.25, 0.3) is 0 Å². The standard InChI is InChI=1S/C31H42N2.C10H8.C6H6/c1-6-26-13-7-8-14-27(26)18-19-32-30-16-9-10-17-31(30)33-22-25-12-11-15-28(21-25)29(24(4)5)20-23(2)3;1-2-6-10-8-4-3-7-9(10)5-1;1-2-4-6-5-3-1/h6-11,13-15,18-21,24-25,29-33H,1,12,16-17,22H2,2-5H3;1-8H;1-6H/b19-18-;;. The number of benzene rings is 4. The molecule has 0 spiro atoms. The lowest BCUT2D eigenvalue weighted by atomic mass is 9.82. The van der Waals surface area contributed by atoms with Crippen LogP contribution in [0.15, 0.2) is 170 Å². The molecule has 0 heterocycles. The molecular formula is C47H56N2. The number of allylic oxidation sites excluding steroid dienone is 5. The van der Waals surface area contributed by atoms with E-state index in [9.17, 15) is 0 Å². The summed E-state index contributed by atoms with van der Waals surface area (Å²) in [5.74, 6) is 1.67. The van der Waals surface area contributed by atoms with E-state index >= 15 is 0 Å². The summed E-state index contributed by atoms with van der Waals surface area (Å²) >= 11 is 0. The fourth-order valence-corrected chi connectivity index (χ4v) is 6.33. The van der Waals surface area contributed by atoms with Gasteiger partial charge in [0.2, 0.25) is 0 Å². The average molecular weight is 649 g/mol. The van der Waals surface area contributed by atoms with Crippen molar-refractivity contribution in [2.45, 2.75) is 59.0 Å². The first kappa shape index (κ1) is 37.2. The molecule has 0 aromatic heterocycles. The molecule has 0 saturated heterocycles. The summed E-state index contributed by atoms with van der Waals surface area (Å²) in [5, 5.41) is 10.2. The smallest absolute Gasteiger partial charge is 0.0446 e.